The van der Waals surface area contributed by atoms with Gasteiger partial charge < -0.3 is 4.90 Å². The van der Waals surface area contributed by atoms with Crippen molar-refractivity contribution in [1.82, 2.24) is 14.7 Å². The minimum Gasteiger partial charge on any atom is -0.338 e. The van der Waals surface area contributed by atoms with E-state index in [1.165, 1.54) is 10.5 Å². The molecule has 0 radical (unpaired) electrons. The lowest BCUT2D eigenvalue weighted by atomic mass is 10.1. The second-order valence-corrected chi connectivity index (χ2v) is 7.52. The number of nitrogens with zero attached hydrogens (tertiary/aromatic N) is 3. The van der Waals surface area contributed by atoms with E-state index in [-0.39, 0.29) is 5.91 Å². The third-order valence-corrected chi connectivity index (χ3v) is 5.88. The highest BCUT2D eigenvalue weighted by atomic mass is 32.2. The molecule has 4 nitrogen and oxygen atoms in total. The third kappa shape index (κ3) is 3.61. The normalized spacial score (nSPS) is 15.9. The first-order chi connectivity index (χ1) is 11.0. The van der Waals surface area contributed by atoms with Crippen LogP contribution in [0, 0.1) is 13.8 Å². The Labute approximate surface area is 141 Å². The van der Waals surface area contributed by atoms with Crippen LogP contribution in [0.25, 0.3) is 0 Å². The molecule has 0 unspecified atom stereocenters. The summed E-state index contributed by atoms with van der Waals surface area (Å²) < 4.78 is 1.71. The SMILES string of the molecule is Cc1ccccc1SC1CCN(C(=O)c2cn(C)nc2C)CC1. The van der Waals surface area contributed by atoms with Crippen LogP contribution in [0.5, 0.6) is 0 Å². The van der Waals surface area contributed by atoms with E-state index in [1.54, 1.807) is 4.68 Å². The van der Waals surface area contributed by atoms with E-state index in [4.69, 9.17) is 0 Å². The van der Waals surface area contributed by atoms with E-state index in [1.807, 2.05) is 36.8 Å². The molecule has 0 saturated carbocycles. The van der Waals surface area contributed by atoms with Gasteiger partial charge in [0, 0.05) is 36.5 Å². The molecule has 0 N–H and O–H groups in total. The molecule has 0 atom stereocenters. The molecule has 1 aliphatic heterocycles. The fraction of sp³-hybridized carbons (Fsp3) is 0.444. The van der Waals surface area contributed by atoms with Crippen molar-refractivity contribution < 1.29 is 4.79 Å². The number of amides is 1. The number of hydrogen-bond donors (Lipinski definition) is 0. The molecule has 5 heteroatoms. The van der Waals surface area contributed by atoms with Gasteiger partial charge in [0.1, 0.15) is 0 Å². The van der Waals surface area contributed by atoms with Crippen molar-refractivity contribution in [3.8, 4) is 0 Å². The highest BCUT2D eigenvalue weighted by Crippen LogP contribution is 2.32. The zero-order valence-corrected chi connectivity index (χ0v) is 14.8. The number of benzene rings is 1. The summed E-state index contributed by atoms with van der Waals surface area (Å²) in [5, 5.41) is 4.87. The van der Waals surface area contributed by atoms with E-state index in [2.05, 4.69) is 36.3 Å². The molecule has 23 heavy (non-hydrogen) atoms. The molecule has 1 aromatic carbocycles. The Bertz CT molecular complexity index is 702. The quantitative estimate of drug-likeness (QED) is 0.866. The van der Waals surface area contributed by atoms with Gasteiger partial charge in [0.05, 0.1) is 11.3 Å². The Morgan fingerprint density at radius 2 is 1.91 bits per heavy atom. The zero-order valence-electron chi connectivity index (χ0n) is 14.0. The first kappa shape index (κ1) is 16.1. The maximum absolute atomic E-state index is 12.6. The number of aromatic nitrogens is 2. The summed E-state index contributed by atoms with van der Waals surface area (Å²) in [6.45, 7) is 5.72. The van der Waals surface area contributed by atoms with Crippen molar-refractivity contribution in [1.29, 1.82) is 0 Å². The van der Waals surface area contributed by atoms with Gasteiger partial charge in [-0.3, -0.25) is 9.48 Å². The number of rotatable bonds is 3. The highest BCUT2D eigenvalue weighted by molar-refractivity contribution is 8.00. The molecular formula is C18H23N3OS. The maximum atomic E-state index is 12.6. The maximum Gasteiger partial charge on any atom is 0.257 e. The molecular weight excluding hydrogens is 306 g/mol. The number of hydrogen-bond acceptors (Lipinski definition) is 3. The fourth-order valence-corrected chi connectivity index (χ4v) is 4.24. The van der Waals surface area contributed by atoms with E-state index >= 15 is 0 Å². The molecule has 3 rings (SSSR count). The van der Waals surface area contributed by atoms with Crippen molar-refractivity contribution >= 4 is 17.7 Å². The number of thioether (sulfide) groups is 1. The molecule has 2 aromatic rings. The lowest BCUT2D eigenvalue weighted by Crippen LogP contribution is -2.39. The van der Waals surface area contributed by atoms with Gasteiger partial charge in [-0.15, -0.1) is 11.8 Å². The predicted octanol–water partition coefficient (Wildman–Crippen LogP) is 3.43. The first-order valence-electron chi connectivity index (χ1n) is 8.06. The summed E-state index contributed by atoms with van der Waals surface area (Å²) in [6.07, 6.45) is 3.92. The first-order valence-corrected chi connectivity index (χ1v) is 8.94. The number of likely N-dealkylation sites (tertiary alicyclic amines) is 1. The zero-order chi connectivity index (χ0) is 16.4. The number of piperidine rings is 1. The Morgan fingerprint density at radius 1 is 1.22 bits per heavy atom. The Morgan fingerprint density at radius 3 is 2.52 bits per heavy atom. The molecule has 1 amide bonds. The summed E-state index contributed by atoms with van der Waals surface area (Å²) in [4.78, 5) is 16.0. The van der Waals surface area contributed by atoms with Crippen molar-refractivity contribution in [2.24, 2.45) is 7.05 Å². The molecule has 1 fully saturated rings. The fourth-order valence-electron chi connectivity index (χ4n) is 3.02. The smallest absolute Gasteiger partial charge is 0.257 e. The summed E-state index contributed by atoms with van der Waals surface area (Å²) in [5.41, 5.74) is 2.88. The second-order valence-electron chi connectivity index (χ2n) is 6.18. The molecule has 1 aromatic heterocycles. The minimum absolute atomic E-state index is 0.120. The van der Waals surface area contributed by atoms with Crippen LogP contribution in [0.2, 0.25) is 0 Å². The highest BCUT2D eigenvalue weighted by Gasteiger charge is 2.26. The van der Waals surface area contributed by atoms with Gasteiger partial charge in [-0.25, -0.2) is 0 Å². The lowest BCUT2D eigenvalue weighted by Gasteiger charge is -2.31. The summed E-state index contributed by atoms with van der Waals surface area (Å²) >= 11 is 1.95. The Kier molecular flexibility index (Phi) is 4.76. The summed E-state index contributed by atoms with van der Waals surface area (Å²) in [7, 11) is 1.86. The third-order valence-electron chi connectivity index (χ3n) is 4.36. The minimum atomic E-state index is 0.120. The molecule has 122 valence electrons. The standard InChI is InChI=1S/C18H23N3OS/c1-13-6-4-5-7-17(13)23-15-8-10-21(11-9-15)18(22)16-12-20(3)19-14(16)2/h4-7,12,15H,8-11H2,1-3H3. The molecule has 1 aliphatic rings. The molecule has 2 heterocycles. The van der Waals surface area contributed by atoms with Crippen LogP contribution in [0.1, 0.15) is 34.5 Å². The average Bonchev–Trinajstić information content (AvgIpc) is 2.88. The predicted molar refractivity (Wildman–Crippen MR) is 93.9 cm³/mol. The summed E-state index contributed by atoms with van der Waals surface area (Å²) in [6, 6.07) is 8.53. The van der Waals surface area contributed by atoms with Gasteiger partial charge in [0.25, 0.3) is 5.91 Å². The molecule has 1 saturated heterocycles. The molecule has 0 bridgehead atoms. The van der Waals surface area contributed by atoms with E-state index in [9.17, 15) is 4.79 Å². The van der Waals surface area contributed by atoms with Crippen LogP contribution in [0.4, 0.5) is 0 Å². The van der Waals surface area contributed by atoms with Gasteiger partial charge in [-0.1, -0.05) is 18.2 Å². The van der Waals surface area contributed by atoms with Gasteiger partial charge in [-0.05, 0) is 38.3 Å². The largest absolute Gasteiger partial charge is 0.338 e. The molecule has 0 aliphatic carbocycles. The topological polar surface area (TPSA) is 38.1 Å². The van der Waals surface area contributed by atoms with Gasteiger partial charge in [0.2, 0.25) is 0 Å². The van der Waals surface area contributed by atoms with E-state index in [0.717, 1.165) is 37.2 Å². The van der Waals surface area contributed by atoms with Crippen LogP contribution in [0.15, 0.2) is 35.4 Å². The van der Waals surface area contributed by atoms with Crippen LogP contribution in [0.3, 0.4) is 0 Å². The Balaban J connectivity index is 1.59. The van der Waals surface area contributed by atoms with Gasteiger partial charge in [0.15, 0.2) is 0 Å². The Hall–Kier alpha value is -1.75. The average molecular weight is 329 g/mol. The van der Waals surface area contributed by atoms with Crippen molar-refractivity contribution in [3.05, 3.63) is 47.3 Å². The monoisotopic (exact) mass is 329 g/mol. The van der Waals surface area contributed by atoms with Crippen LogP contribution in [-0.4, -0.2) is 38.9 Å². The van der Waals surface area contributed by atoms with Crippen molar-refractivity contribution in [2.45, 2.75) is 36.8 Å². The summed E-state index contributed by atoms with van der Waals surface area (Å²) in [5.74, 6) is 0.120. The number of carbonyl (C=O) groups is 1. The second kappa shape index (κ2) is 6.79. The lowest BCUT2D eigenvalue weighted by molar-refractivity contribution is 0.0726. The van der Waals surface area contributed by atoms with E-state index < -0.39 is 0 Å². The van der Waals surface area contributed by atoms with Crippen molar-refractivity contribution in [2.75, 3.05) is 13.1 Å². The van der Waals surface area contributed by atoms with Gasteiger partial charge >= 0.3 is 0 Å². The van der Waals surface area contributed by atoms with Crippen LogP contribution < -0.4 is 0 Å². The van der Waals surface area contributed by atoms with Crippen LogP contribution >= 0.6 is 11.8 Å². The van der Waals surface area contributed by atoms with E-state index in [0.29, 0.717) is 5.25 Å². The number of aryl methyl sites for hydroxylation is 3. The number of carbonyl (C=O) groups excluding carboxylic acids is 1. The van der Waals surface area contributed by atoms with Crippen LogP contribution in [-0.2, 0) is 7.05 Å². The van der Waals surface area contributed by atoms with Gasteiger partial charge in [-0.2, -0.15) is 5.10 Å². The van der Waals surface area contributed by atoms with Crippen molar-refractivity contribution in [3.63, 3.8) is 0 Å². The molecule has 0 spiro atoms.